The van der Waals surface area contributed by atoms with E-state index in [1.807, 2.05) is 0 Å². The van der Waals surface area contributed by atoms with E-state index in [0.717, 1.165) is 24.8 Å². The van der Waals surface area contributed by atoms with Gasteiger partial charge in [-0.25, -0.2) is 0 Å². The lowest BCUT2D eigenvalue weighted by Crippen LogP contribution is -2.30. The lowest BCUT2D eigenvalue weighted by Gasteiger charge is -2.15. The topological polar surface area (TPSA) is 32.3 Å². The van der Waals surface area contributed by atoms with Crippen LogP contribution in [0.1, 0.15) is 51.9 Å². The average molecular weight is 211 g/mol. The first-order chi connectivity index (χ1) is 7.29. The molecule has 88 valence electrons. The quantitative estimate of drug-likeness (QED) is 0.706. The van der Waals surface area contributed by atoms with Gasteiger partial charge in [-0.2, -0.15) is 0 Å². The molecule has 0 spiro atoms. The molecule has 0 heterocycles. The molecular formula is C13H25NO. The van der Waals surface area contributed by atoms with Gasteiger partial charge in [0.2, 0.25) is 0 Å². The summed E-state index contributed by atoms with van der Waals surface area (Å²) < 4.78 is 0. The van der Waals surface area contributed by atoms with E-state index in [0.29, 0.717) is 6.04 Å². The summed E-state index contributed by atoms with van der Waals surface area (Å²) in [5, 5.41) is 13.4. The lowest BCUT2D eigenvalue weighted by molar-refractivity contribution is 0.140. The maximum atomic E-state index is 9.88. The molecule has 2 heteroatoms. The molecule has 2 saturated carbocycles. The molecular weight excluding hydrogens is 186 g/mol. The van der Waals surface area contributed by atoms with Crippen molar-refractivity contribution >= 4 is 0 Å². The number of rotatable bonds is 6. The molecule has 3 unspecified atom stereocenters. The van der Waals surface area contributed by atoms with Crippen LogP contribution < -0.4 is 5.32 Å². The number of hydrogen-bond donors (Lipinski definition) is 2. The summed E-state index contributed by atoms with van der Waals surface area (Å²) in [6, 6.07) is 0.716. The van der Waals surface area contributed by atoms with Gasteiger partial charge < -0.3 is 10.4 Å². The maximum absolute atomic E-state index is 9.88. The molecule has 2 nitrogen and oxygen atoms in total. The molecule has 0 radical (unpaired) electrons. The summed E-state index contributed by atoms with van der Waals surface area (Å²) in [5.41, 5.74) is 0. The summed E-state index contributed by atoms with van der Waals surface area (Å²) in [6.45, 7) is 3.07. The highest BCUT2D eigenvalue weighted by molar-refractivity contribution is 4.92. The summed E-state index contributed by atoms with van der Waals surface area (Å²) >= 11 is 0. The minimum absolute atomic E-state index is 0.105. The van der Waals surface area contributed by atoms with Crippen LogP contribution in [0.5, 0.6) is 0 Å². The maximum Gasteiger partial charge on any atom is 0.0667 e. The van der Waals surface area contributed by atoms with Crippen LogP contribution in [0.4, 0.5) is 0 Å². The molecule has 2 aliphatic carbocycles. The van der Waals surface area contributed by atoms with E-state index in [9.17, 15) is 5.11 Å². The second-order valence-electron chi connectivity index (χ2n) is 5.46. The molecule has 15 heavy (non-hydrogen) atoms. The summed E-state index contributed by atoms with van der Waals surface area (Å²) in [6.07, 6.45) is 8.98. The van der Waals surface area contributed by atoms with Gasteiger partial charge in [0.1, 0.15) is 0 Å². The fourth-order valence-corrected chi connectivity index (χ4v) is 2.95. The third-order valence-electron chi connectivity index (χ3n) is 4.14. The van der Waals surface area contributed by atoms with Crippen molar-refractivity contribution in [3.05, 3.63) is 0 Å². The Morgan fingerprint density at radius 2 is 2.07 bits per heavy atom. The molecule has 2 aliphatic rings. The Hall–Kier alpha value is -0.0800. The van der Waals surface area contributed by atoms with Crippen LogP contribution in [0.3, 0.4) is 0 Å². The van der Waals surface area contributed by atoms with E-state index in [-0.39, 0.29) is 6.10 Å². The van der Waals surface area contributed by atoms with Crippen LogP contribution in [0.15, 0.2) is 0 Å². The van der Waals surface area contributed by atoms with E-state index in [4.69, 9.17) is 0 Å². The van der Waals surface area contributed by atoms with Crippen LogP contribution in [0.25, 0.3) is 0 Å². The molecule has 0 aliphatic heterocycles. The third-order valence-corrected chi connectivity index (χ3v) is 4.14. The standard InChI is InChI=1S/C13H25NO/c1-2-11-8-13(11)14-9-12(15)7-10-5-3-4-6-10/h10-15H,2-9H2,1H3. The van der Waals surface area contributed by atoms with Gasteiger partial charge >= 0.3 is 0 Å². The highest BCUT2D eigenvalue weighted by Gasteiger charge is 2.34. The average Bonchev–Trinajstić information content (AvgIpc) is 2.82. The van der Waals surface area contributed by atoms with Crippen LogP contribution in [0, 0.1) is 11.8 Å². The van der Waals surface area contributed by atoms with Gasteiger partial charge in [0, 0.05) is 12.6 Å². The zero-order valence-electron chi connectivity index (χ0n) is 9.91. The molecule has 0 saturated heterocycles. The van der Waals surface area contributed by atoms with E-state index >= 15 is 0 Å². The van der Waals surface area contributed by atoms with Crippen molar-refractivity contribution in [3.63, 3.8) is 0 Å². The molecule has 2 N–H and O–H groups in total. The molecule has 3 atom stereocenters. The fraction of sp³-hybridized carbons (Fsp3) is 1.00. The Morgan fingerprint density at radius 1 is 1.33 bits per heavy atom. The Balaban J connectivity index is 1.54. The van der Waals surface area contributed by atoms with E-state index < -0.39 is 0 Å². The van der Waals surface area contributed by atoms with E-state index in [2.05, 4.69) is 12.2 Å². The van der Waals surface area contributed by atoms with Crippen molar-refractivity contribution in [2.24, 2.45) is 11.8 Å². The highest BCUT2D eigenvalue weighted by atomic mass is 16.3. The minimum Gasteiger partial charge on any atom is -0.392 e. The number of nitrogens with one attached hydrogen (secondary N) is 1. The SMILES string of the molecule is CCC1CC1NCC(O)CC1CCCC1. The van der Waals surface area contributed by atoms with Gasteiger partial charge in [-0.15, -0.1) is 0 Å². The normalized spacial score (nSPS) is 33.2. The number of aliphatic hydroxyl groups excluding tert-OH is 1. The molecule has 2 rings (SSSR count). The van der Waals surface area contributed by atoms with Crippen LogP contribution in [0.2, 0.25) is 0 Å². The first-order valence-corrected chi connectivity index (χ1v) is 6.71. The monoisotopic (exact) mass is 211 g/mol. The second-order valence-corrected chi connectivity index (χ2v) is 5.46. The van der Waals surface area contributed by atoms with Gasteiger partial charge in [-0.1, -0.05) is 39.0 Å². The summed E-state index contributed by atoms with van der Waals surface area (Å²) in [5.74, 6) is 1.70. The first kappa shape index (κ1) is 11.4. The summed E-state index contributed by atoms with van der Waals surface area (Å²) in [7, 11) is 0. The van der Waals surface area contributed by atoms with Crippen molar-refractivity contribution in [2.75, 3.05) is 6.54 Å². The molecule has 0 aromatic rings. The van der Waals surface area contributed by atoms with E-state index in [1.165, 1.54) is 38.5 Å². The zero-order valence-corrected chi connectivity index (χ0v) is 9.91. The fourth-order valence-electron chi connectivity index (χ4n) is 2.95. The predicted octanol–water partition coefficient (Wildman–Crippen LogP) is 2.32. The Bertz CT molecular complexity index is 189. The van der Waals surface area contributed by atoms with Gasteiger partial charge in [0.25, 0.3) is 0 Å². The Morgan fingerprint density at radius 3 is 2.67 bits per heavy atom. The molecule has 0 aromatic carbocycles. The van der Waals surface area contributed by atoms with Gasteiger partial charge in [-0.05, 0) is 24.7 Å². The molecule has 2 fully saturated rings. The van der Waals surface area contributed by atoms with Crippen LogP contribution in [-0.2, 0) is 0 Å². The van der Waals surface area contributed by atoms with Crippen molar-refractivity contribution in [1.29, 1.82) is 0 Å². The van der Waals surface area contributed by atoms with Gasteiger partial charge in [0.05, 0.1) is 6.10 Å². The highest BCUT2D eigenvalue weighted by Crippen LogP contribution is 2.33. The third kappa shape index (κ3) is 3.46. The van der Waals surface area contributed by atoms with Crippen LogP contribution >= 0.6 is 0 Å². The first-order valence-electron chi connectivity index (χ1n) is 6.71. The van der Waals surface area contributed by atoms with Crippen LogP contribution in [-0.4, -0.2) is 23.8 Å². The predicted molar refractivity (Wildman–Crippen MR) is 62.8 cm³/mol. The van der Waals surface area contributed by atoms with Crippen molar-refractivity contribution in [1.82, 2.24) is 5.32 Å². The van der Waals surface area contributed by atoms with Gasteiger partial charge in [-0.3, -0.25) is 0 Å². The Kier molecular flexibility index (Phi) is 4.04. The lowest BCUT2D eigenvalue weighted by atomic mass is 10.00. The summed E-state index contributed by atoms with van der Waals surface area (Å²) in [4.78, 5) is 0. The molecule has 0 aromatic heterocycles. The minimum atomic E-state index is -0.105. The number of aliphatic hydroxyl groups is 1. The van der Waals surface area contributed by atoms with Gasteiger partial charge in [0.15, 0.2) is 0 Å². The smallest absolute Gasteiger partial charge is 0.0667 e. The number of hydrogen-bond acceptors (Lipinski definition) is 2. The van der Waals surface area contributed by atoms with E-state index in [1.54, 1.807) is 0 Å². The Labute approximate surface area is 93.5 Å². The van der Waals surface area contributed by atoms with Crippen molar-refractivity contribution in [2.45, 2.75) is 64.0 Å². The zero-order chi connectivity index (χ0) is 10.7. The molecule has 0 amide bonds. The second kappa shape index (κ2) is 5.31. The van der Waals surface area contributed by atoms with Crippen molar-refractivity contribution < 1.29 is 5.11 Å². The largest absolute Gasteiger partial charge is 0.392 e. The van der Waals surface area contributed by atoms with Crippen molar-refractivity contribution in [3.8, 4) is 0 Å². The molecule has 0 bridgehead atoms.